The summed E-state index contributed by atoms with van der Waals surface area (Å²) in [6.45, 7) is 5.90. The van der Waals surface area contributed by atoms with Crippen molar-refractivity contribution >= 4 is 40.4 Å². The summed E-state index contributed by atoms with van der Waals surface area (Å²) < 4.78 is 13.7. The Kier molecular flexibility index (Phi) is 10.9. The lowest BCUT2D eigenvalue weighted by Crippen LogP contribution is -2.37. The van der Waals surface area contributed by atoms with Gasteiger partial charge in [0.15, 0.2) is 0 Å². The molecular weight excluding hydrogens is 706 g/mol. The molecule has 0 saturated carbocycles. The molecule has 54 heavy (non-hydrogen) atoms. The first kappa shape index (κ1) is 37.3. The van der Waals surface area contributed by atoms with Gasteiger partial charge in [0.1, 0.15) is 11.2 Å². The number of fused-ring (bicyclic) bond motifs is 2. The number of nitrogens with one attached hydrogen (secondary N) is 1. The van der Waals surface area contributed by atoms with Crippen molar-refractivity contribution in [2.75, 3.05) is 52.3 Å². The minimum absolute atomic E-state index is 0.234. The van der Waals surface area contributed by atoms with Crippen molar-refractivity contribution in [3.63, 3.8) is 0 Å². The summed E-state index contributed by atoms with van der Waals surface area (Å²) in [4.78, 5) is 51.2. The minimum Gasteiger partial charge on any atom is -0.481 e. The number of carbonyl (C=O) groups excluding carboxylic acids is 1. The fourth-order valence-corrected chi connectivity index (χ4v) is 8.47. The average molecular weight is 752 g/mol. The molecule has 1 N–H and O–H groups in total. The van der Waals surface area contributed by atoms with E-state index in [1.165, 1.54) is 17.2 Å². The number of aryl methyl sites for hydroxylation is 2. The third-order valence-electron chi connectivity index (χ3n) is 11.2. The van der Waals surface area contributed by atoms with E-state index in [1.807, 2.05) is 43.3 Å². The number of anilines is 2. The number of aromatic nitrogens is 4. The number of hydrogen-bond donors (Lipinski definition) is 1. The molecule has 2 unspecified atom stereocenters. The van der Waals surface area contributed by atoms with Gasteiger partial charge in [0.2, 0.25) is 12.3 Å². The van der Waals surface area contributed by atoms with Gasteiger partial charge >= 0.3 is 5.69 Å². The topological polar surface area (TPSA) is 124 Å². The van der Waals surface area contributed by atoms with Crippen LogP contribution in [0.25, 0.3) is 33.3 Å². The molecule has 0 spiro atoms. The molecule has 282 valence electrons. The lowest BCUT2D eigenvalue weighted by molar-refractivity contribution is -0.118. The molecule has 1 saturated heterocycles. The maximum absolute atomic E-state index is 13.2. The molecule has 1 fully saturated rings. The smallest absolute Gasteiger partial charge is 0.330 e. The molecule has 1 aliphatic heterocycles. The molecule has 5 aromatic rings. The number of benzene rings is 2. The Morgan fingerprint density at radius 3 is 2.57 bits per heavy atom. The largest absolute Gasteiger partial charge is 0.481 e. The zero-order valence-electron chi connectivity index (χ0n) is 31.4. The molecule has 7 rings (SSSR count). The van der Waals surface area contributed by atoms with Gasteiger partial charge in [-0.1, -0.05) is 41.9 Å². The lowest BCUT2D eigenvalue weighted by Gasteiger charge is -2.26. The number of likely N-dealkylation sites (tertiary alicyclic amines) is 1. The zero-order chi connectivity index (χ0) is 38.1. The third-order valence-corrected chi connectivity index (χ3v) is 11.6. The molecule has 4 heterocycles. The number of ether oxygens (including phenoxy) is 2. The van der Waals surface area contributed by atoms with Crippen LogP contribution in [0.5, 0.6) is 5.88 Å². The van der Waals surface area contributed by atoms with Crippen molar-refractivity contribution in [3.8, 4) is 28.3 Å². The predicted molar refractivity (Wildman–Crippen MR) is 212 cm³/mol. The highest BCUT2D eigenvalue weighted by Crippen LogP contribution is 2.46. The number of amides is 1. The molecule has 1 amide bonds. The predicted octanol–water partition coefficient (Wildman–Crippen LogP) is 5.88. The molecule has 2 atom stereocenters. The molecule has 13 heteroatoms. The van der Waals surface area contributed by atoms with Gasteiger partial charge in [0, 0.05) is 75.5 Å². The minimum atomic E-state index is -0.418. The normalized spacial score (nSPS) is 16.9. The van der Waals surface area contributed by atoms with Gasteiger partial charge in [-0.15, -0.1) is 0 Å². The maximum Gasteiger partial charge on any atom is 0.330 e. The van der Waals surface area contributed by atoms with Crippen LogP contribution in [0.2, 0.25) is 5.02 Å². The van der Waals surface area contributed by atoms with E-state index in [-0.39, 0.29) is 6.04 Å². The average Bonchev–Trinajstić information content (AvgIpc) is 3.84. The molecular formula is C41H46ClN7O5. The van der Waals surface area contributed by atoms with Crippen LogP contribution in [0.15, 0.2) is 64.3 Å². The summed E-state index contributed by atoms with van der Waals surface area (Å²) in [7, 11) is 6.44. The van der Waals surface area contributed by atoms with E-state index < -0.39 is 11.2 Å². The highest BCUT2D eigenvalue weighted by molar-refractivity contribution is 6.36. The molecule has 2 aromatic carbocycles. The Balaban J connectivity index is 1.15. The maximum atomic E-state index is 13.2. The monoisotopic (exact) mass is 751 g/mol. The quantitative estimate of drug-likeness (QED) is 0.147. The Hall–Kier alpha value is -5.04. The van der Waals surface area contributed by atoms with Crippen LogP contribution < -0.4 is 21.3 Å². The number of nitrogens with zero attached hydrogens (tertiary/aromatic N) is 6. The van der Waals surface area contributed by atoms with Crippen LogP contribution in [0.3, 0.4) is 0 Å². The summed E-state index contributed by atoms with van der Waals surface area (Å²) in [6.07, 6.45) is 6.51. The Morgan fingerprint density at radius 2 is 1.80 bits per heavy atom. The van der Waals surface area contributed by atoms with Crippen LogP contribution in [0.4, 0.5) is 11.5 Å². The van der Waals surface area contributed by atoms with Crippen molar-refractivity contribution in [2.24, 2.45) is 20.0 Å². The van der Waals surface area contributed by atoms with Crippen molar-refractivity contribution in [1.82, 2.24) is 28.9 Å². The standard InChI is InChI=1S/C41H46ClN7O5/c1-25-28(8-7-11-31(25)44-38-36-33(14-17-43-38)46(2)41(52)47(3)40(36)51)29-9-6-10-30(37(29)42)32-22-27-12-13-34(35(27)39(45-32)54-5)49-19-16-26(23-49)15-18-48(24-50)20-21-53-4/h6-11,14,17,22,24,26,34H,12-13,15-16,18-21,23H2,1-5H3,(H,43,44). The van der Waals surface area contributed by atoms with E-state index in [9.17, 15) is 14.4 Å². The van der Waals surface area contributed by atoms with Gasteiger partial charge in [0.05, 0.1) is 29.9 Å². The first-order valence-electron chi connectivity index (χ1n) is 18.4. The van der Waals surface area contributed by atoms with Gasteiger partial charge in [0.25, 0.3) is 5.56 Å². The van der Waals surface area contributed by atoms with E-state index in [2.05, 4.69) is 21.3 Å². The van der Waals surface area contributed by atoms with Gasteiger partial charge in [-0.3, -0.25) is 23.6 Å². The number of halogens is 1. The van der Waals surface area contributed by atoms with Crippen molar-refractivity contribution < 1.29 is 14.3 Å². The lowest BCUT2D eigenvalue weighted by atomic mass is 9.96. The van der Waals surface area contributed by atoms with E-state index in [4.69, 9.17) is 26.1 Å². The van der Waals surface area contributed by atoms with Gasteiger partial charge in [-0.2, -0.15) is 0 Å². The van der Waals surface area contributed by atoms with Crippen molar-refractivity contribution in [1.29, 1.82) is 0 Å². The molecule has 2 aliphatic rings. The second-order valence-corrected chi connectivity index (χ2v) is 14.6. The van der Waals surface area contributed by atoms with Crippen LogP contribution >= 0.6 is 11.6 Å². The Bertz CT molecular complexity index is 2340. The molecule has 1 aliphatic carbocycles. The third kappa shape index (κ3) is 6.89. The Morgan fingerprint density at radius 1 is 1.02 bits per heavy atom. The van der Waals surface area contributed by atoms with E-state index >= 15 is 0 Å². The van der Waals surface area contributed by atoms with Crippen molar-refractivity contribution in [2.45, 2.75) is 38.6 Å². The fraction of sp³-hybridized carbons (Fsp3) is 0.390. The van der Waals surface area contributed by atoms with Gasteiger partial charge in [-0.25, -0.2) is 14.8 Å². The summed E-state index contributed by atoms with van der Waals surface area (Å²) in [6, 6.07) is 15.9. The van der Waals surface area contributed by atoms with Crippen LogP contribution in [0, 0.1) is 12.8 Å². The Labute approximate surface area is 319 Å². The number of carbonyl (C=O) groups is 1. The molecule has 0 radical (unpaired) electrons. The number of hydrogen-bond acceptors (Lipinski definition) is 9. The molecule has 0 bridgehead atoms. The molecule has 3 aromatic heterocycles. The number of methoxy groups -OCH3 is 2. The van der Waals surface area contributed by atoms with Crippen LogP contribution in [0.1, 0.15) is 42.0 Å². The summed E-state index contributed by atoms with van der Waals surface area (Å²) in [5, 5.41) is 4.27. The first-order chi connectivity index (χ1) is 26.1. The first-order valence-corrected chi connectivity index (χ1v) is 18.7. The highest BCUT2D eigenvalue weighted by atomic mass is 35.5. The molecule has 12 nitrogen and oxygen atoms in total. The second-order valence-electron chi connectivity index (χ2n) is 14.2. The number of rotatable bonds is 13. The summed E-state index contributed by atoms with van der Waals surface area (Å²) in [5.41, 5.74) is 7.07. The van der Waals surface area contributed by atoms with Gasteiger partial charge in [-0.05, 0) is 80.0 Å². The summed E-state index contributed by atoms with van der Waals surface area (Å²) in [5.74, 6) is 1.53. The van der Waals surface area contributed by atoms with Gasteiger partial charge < -0.3 is 19.7 Å². The zero-order valence-corrected chi connectivity index (χ0v) is 32.2. The van der Waals surface area contributed by atoms with Crippen LogP contribution in [-0.4, -0.2) is 82.3 Å². The second kappa shape index (κ2) is 15.7. The van der Waals surface area contributed by atoms with Crippen LogP contribution in [-0.2, 0) is 30.0 Å². The van der Waals surface area contributed by atoms with Crippen molar-refractivity contribution in [3.05, 3.63) is 97.3 Å². The highest BCUT2D eigenvalue weighted by Gasteiger charge is 2.36. The summed E-state index contributed by atoms with van der Waals surface area (Å²) >= 11 is 7.27. The SMILES string of the molecule is COCCN(C=O)CCC1CCN(C2CCc3cc(-c4cccc(-c5cccc(Nc6nccc7c6c(=O)n(C)c(=O)n7C)c5C)c4Cl)nc(OC)c32)C1. The van der Waals surface area contributed by atoms with E-state index in [0.717, 1.165) is 95.5 Å². The van der Waals surface area contributed by atoms with E-state index in [0.29, 0.717) is 46.7 Å². The number of pyridine rings is 2. The van der Waals surface area contributed by atoms with E-state index in [1.54, 1.807) is 38.4 Å². The fourth-order valence-electron chi connectivity index (χ4n) is 8.14.